The molecule has 7 heteroatoms. The molecule has 1 rings (SSSR count). The van der Waals surface area contributed by atoms with Crippen molar-refractivity contribution < 1.29 is 19.1 Å². The number of ether oxygens (including phenoxy) is 1. The number of rotatable bonds is 4. The van der Waals surface area contributed by atoms with Gasteiger partial charge < -0.3 is 20.7 Å². The van der Waals surface area contributed by atoms with E-state index in [9.17, 15) is 14.4 Å². The van der Waals surface area contributed by atoms with Crippen LogP contribution in [0.15, 0.2) is 0 Å². The molecule has 18 heavy (non-hydrogen) atoms. The largest absolute Gasteiger partial charge is 0.464 e. The van der Waals surface area contributed by atoms with Gasteiger partial charge in [0, 0.05) is 13.6 Å². The van der Waals surface area contributed by atoms with E-state index in [0.29, 0.717) is 13.0 Å². The van der Waals surface area contributed by atoms with Crippen molar-refractivity contribution in [3.8, 4) is 0 Å². The number of likely N-dealkylation sites (tertiary alicyclic amines) is 1. The first-order chi connectivity index (χ1) is 8.52. The van der Waals surface area contributed by atoms with Gasteiger partial charge in [0.15, 0.2) is 6.04 Å². The van der Waals surface area contributed by atoms with Crippen LogP contribution in [0.4, 0.5) is 0 Å². The maximum Gasteiger partial charge on any atom is 0.332 e. The van der Waals surface area contributed by atoms with Crippen LogP contribution in [0, 0.1) is 0 Å². The van der Waals surface area contributed by atoms with Crippen LogP contribution >= 0.6 is 0 Å². The van der Waals surface area contributed by atoms with Crippen molar-refractivity contribution in [2.45, 2.75) is 31.8 Å². The summed E-state index contributed by atoms with van der Waals surface area (Å²) < 4.78 is 4.69. The molecular formula is C11H19N3O4. The van der Waals surface area contributed by atoms with E-state index in [1.54, 1.807) is 6.92 Å². The lowest BCUT2D eigenvalue weighted by Gasteiger charge is -2.25. The first-order valence-corrected chi connectivity index (χ1v) is 5.97. The summed E-state index contributed by atoms with van der Waals surface area (Å²) in [5, 5.41) is 2.50. The predicted octanol–water partition coefficient (Wildman–Crippen LogP) is -1.39. The maximum atomic E-state index is 12.0. The van der Waals surface area contributed by atoms with Gasteiger partial charge >= 0.3 is 5.97 Å². The van der Waals surface area contributed by atoms with Crippen molar-refractivity contribution in [3.63, 3.8) is 0 Å². The van der Waals surface area contributed by atoms with Gasteiger partial charge in [-0.3, -0.25) is 9.59 Å². The summed E-state index contributed by atoms with van der Waals surface area (Å²) >= 11 is 0. The highest BCUT2D eigenvalue weighted by molar-refractivity contribution is 6.03. The van der Waals surface area contributed by atoms with Gasteiger partial charge in [-0.15, -0.1) is 0 Å². The van der Waals surface area contributed by atoms with Gasteiger partial charge in [0.05, 0.1) is 6.61 Å². The molecule has 1 aliphatic heterocycles. The van der Waals surface area contributed by atoms with Gasteiger partial charge in [-0.05, 0) is 19.8 Å². The molecule has 1 heterocycles. The third-order valence-corrected chi connectivity index (χ3v) is 2.89. The van der Waals surface area contributed by atoms with Crippen molar-refractivity contribution >= 4 is 17.8 Å². The van der Waals surface area contributed by atoms with E-state index in [1.807, 2.05) is 0 Å². The Labute approximate surface area is 106 Å². The van der Waals surface area contributed by atoms with Crippen molar-refractivity contribution in [1.29, 1.82) is 0 Å². The number of nitrogens with two attached hydrogens (primary N) is 1. The molecule has 0 aromatic rings. The van der Waals surface area contributed by atoms with Crippen LogP contribution in [-0.4, -0.2) is 55.0 Å². The van der Waals surface area contributed by atoms with Crippen LogP contribution in [0.25, 0.3) is 0 Å². The maximum absolute atomic E-state index is 12.0. The molecule has 102 valence electrons. The number of carbonyl (C=O) groups excluding carboxylic acids is 3. The number of hydrogen-bond donors (Lipinski definition) is 2. The quantitative estimate of drug-likeness (QED) is 0.477. The van der Waals surface area contributed by atoms with Crippen molar-refractivity contribution in [2.75, 3.05) is 20.2 Å². The first kappa shape index (κ1) is 14.4. The monoisotopic (exact) mass is 257 g/mol. The van der Waals surface area contributed by atoms with E-state index in [0.717, 1.165) is 6.42 Å². The van der Waals surface area contributed by atoms with Crippen molar-refractivity contribution in [2.24, 2.45) is 5.73 Å². The summed E-state index contributed by atoms with van der Waals surface area (Å²) in [5.41, 5.74) is 5.53. The average molecular weight is 257 g/mol. The fourth-order valence-corrected chi connectivity index (χ4v) is 1.98. The Bertz CT molecular complexity index is 345. The number of nitrogens with zero attached hydrogens (tertiary/aromatic N) is 1. The zero-order valence-electron chi connectivity index (χ0n) is 10.6. The minimum Gasteiger partial charge on any atom is -0.464 e. The molecule has 1 fully saturated rings. The molecule has 2 amide bonds. The summed E-state index contributed by atoms with van der Waals surface area (Å²) in [6, 6.07) is -1.89. The van der Waals surface area contributed by atoms with Crippen LogP contribution in [0.1, 0.15) is 19.8 Å². The molecule has 2 unspecified atom stereocenters. The van der Waals surface area contributed by atoms with Crippen LogP contribution in [0.3, 0.4) is 0 Å². The Kier molecular flexibility index (Phi) is 5.08. The van der Waals surface area contributed by atoms with Crippen molar-refractivity contribution in [3.05, 3.63) is 0 Å². The highest BCUT2D eigenvalue weighted by Gasteiger charge is 2.38. The second-order valence-corrected chi connectivity index (χ2v) is 4.03. The Hall–Kier alpha value is -1.63. The lowest BCUT2D eigenvalue weighted by molar-refractivity contribution is -0.152. The predicted molar refractivity (Wildman–Crippen MR) is 63.4 cm³/mol. The molecule has 0 spiro atoms. The van der Waals surface area contributed by atoms with E-state index in [-0.39, 0.29) is 12.5 Å². The van der Waals surface area contributed by atoms with Gasteiger partial charge in [0.2, 0.25) is 5.91 Å². The highest BCUT2D eigenvalue weighted by Crippen LogP contribution is 2.18. The Morgan fingerprint density at radius 3 is 2.72 bits per heavy atom. The Morgan fingerprint density at radius 2 is 2.17 bits per heavy atom. The molecule has 1 aliphatic rings. The Morgan fingerprint density at radius 1 is 1.50 bits per heavy atom. The van der Waals surface area contributed by atoms with Crippen LogP contribution in [0.5, 0.6) is 0 Å². The number of esters is 1. The number of likely N-dealkylation sites (N-methyl/N-ethyl adjacent to an activating group) is 1. The van der Waals surface area contributed by atoms with Gasteiger partial charge in [-0.2, -0.15) is 0 Å². The van der Waals surface area contributed by atoms with Crippen LogP contribution < -0.4 is 11.1 Å². The SMILES string of the molecule is CCOC(=O)C(N)C(=O)N1CCCC1C(=O)NC. The van der Waals surface area contributed by atoms with Gasteiger partial charge in [0.25, 0.3) is 5.91 Å². The van der Waals surface area contributed by atoms with Crippen molar-refractivity contribution in [1.82, 2.24) is 10.2 Å². The van der Waals surface area contributed by atoms with E-state index in [1.165, 1.54) is 11.9 Å². The smallest absolute Gasteiger partial charge is 0.332 e. The third kappa shape index (κ3) is 2.98. The van der Waals surface area contributed by atoms with Gasteiger partial charge in [-0.1, -0.05) is 0 Å². The number of amides is 2. The summed E-state index contributed by atoms with van der Waals surface area (Å²) in [5.74, 6) is -1.55. The highest BCUT2D eigenvalue weighted by atomic mass is 16.5. The third-order valence-electron chi connectivity index (χ3n) is 2.89. The number of hydrogen-bond acceptors (Lipinski definition) is 5. The first-order valence-electron chi connectivity index (χ1n) is 5.97. The molecule has 1 saturated heterocycles. The number of nitrogens with one attached hydrogen (secondary N) is 1. The van der Waals surface area contributed by atoms with Gasteiger partial charge in [-0.25, -0.2) is 4.79 Å². The lowest BCUT2D eigenvalue weighted by atomic mass is 10.2. The minimum absolute atomic E-state index is 0.165. The molecule has 0 aromatic heterocycles. The van der Waals surface area contributed by atoms with E-state index >= 15 is 0 Å². The Balaban J connectivity index is 2.70. The van der Waals surface area contributed by atoms with E-state index < -0.39 is 24.0 Å². The zero-order valence-corrected chi connectivity index (χ0v) is 10.6. The molecule has 7 nitrogen and oxygen atoms in total. The molecule has 3 N–H and O–H groups in total. The summed E-state index contributed by atoms with van der Waals surface area (Å²) in [6.45, 7) is 2.24. The molecule has 0 bridgehead atoms. The average Bonchev–Trinajstić information content (AvgIpc) is 2.85. The summed E-state index contributed by atoms with van der Waals surface area (Å²) in [7, 11) is 1.51. The summed E-state index contributed by atoms with van der Waals surface area (Å²) in [4.78, 5) is 36.3. The lowest BCUT2D eigenvalue weighted by Crippen LogP contribution is -2.53. The topological polar surface area (TPSA) is 102 Å². The number of carbonyl (C=O) groups is 3. The van der Waals surface area contributed by atoms with E-state index in [4.69, 9.17) is 10.5 Å². The van der Waals surface area contributed by atoms with E-state index in [2.05, 4.69) is 5.32 Å². The summed E-state index contributed by atoms with van der Waals surface area (Å²) in [6.07, 6.45) is 1.31. The molecule has 0 aliphatic carbocycles. The normalized spacial score (nSPS) is 20.4. The van der Waals surface area contributed by atoms with Crippen LogP contribution in [0.2, 0.25) is 0 Å². The minimum atomic E-state index is -1.35. The molecular weight excluding hydrogens is 238 g/mol. The van der Waals surface area contributed by atoms with Crippen LogP contribution in [-0.2, 0) is 19.1 Å². The molecule has 0 radical (unpaired) electrons. The molecule has 0 saturated carbocycles. The van der Waals surface area contributed by atoms with Gasteiger partial charge in [0.1, 0.15) is 6.04 Å². The fraction of sp³-hybridized carbons (Fsp3) is 0.727. The second kappa shape index (κ2) is 6.34. The zero-order chi connectivity index (χ0) is 13.7. The molecule has 0 aromatic carbocycles. The second-order valence-electron chi connectivity index (χ2n) is 4.03. The standard InChI is InChI=1S/C11H19N3O4/c1-3-18-11(17)8(12)10(16)14-6-4-5-7(14)9(15)13-2/h7-8H,3-6,12H2,1-2H3,(H,13,15). The molecule has 2 atom stereocenters. The fourth-order valence-electron chi connectivity index (χ4n) is 1.98.